The number of benzene rings is 1. The molecule has 0 fully saturated rings. The maximum atomic E-state index is 11.7. The number of amides is 1. The Labute approximate surface area is 114 Å². The van der Waals surface area contributed by atoms with Crippen LogP contribution >= 0.6 is 11.8 Å². The number of nitrogen functional groups attached to an aromatic ring is 1. The van der Waals surface area contributed by atoms with Gasteiger partial charge in [-0.25, -0.2) is 0 Å². The van der Waals surface area contributed by atoms with E-state index in [0.717, 1.165) is 29.0 Å². The van der Waals surface area contributed by atoms with Gasteiger partial charge in [0.15, 0.2) is 0 Å². The number of nitrogens with one attached hydrogen (secondary N) is 1. The lowest BCUT2D eigenvalue weighted by Gasteiger charge is -2.13. The molecule has 0 saturated heterocycles. The van der Waals surface area contributed by atoms with E-state index in [0.29, 0.717) is 5.75 Å². The predicted molar refractivity (Wildman–Crippen MR) is 78.8 cm³/mol. The van der Waals surface area contributed by atoms with E-state index in [2.05, 4.69) is 12.2 Å². The lowest BCUT2D eigenvalue weighted by molar-refractivity contribution is -0.119. The summed E-state index contributed by atoms with van der Waals surface area (Å²) in [5.74, 6) is 0.529. The topological polar surface area (TPSA) is 55.1 Å². The van der Waals surface area contributed by atoms with Gasteiger partial charge < -0.3 is 11.1 Å². The van der Waals surface area contributed by atoms with Crippen LogP contribution < -0.4 is 11.1 Å². The molecule has 0 bridgehead atoms. The summed E-state index contributed by atoms with van der Waals surface area (Å²) < 4.78 is 0. The smallest absolute Gasteiger partial charge is 0.230 e. The molecule has 0 spiro atoms. The molecule has 0 aliphatic rings. The second-order valence-electron chi connectivity index (χ2n) is 4.52. The summed E-state index contributed by atoms with van der Waals surface area (Å²) in [7, 11) is 0. The van der Waals surface area contributed by atoms with Gasteiger partial charge in [-0.2, -0.15) is 0 Å². The average molecular weight is 266 g/mol. The third-order valence-corrected chi connectivity index (χ3v) is 3.97. The van der Waals surface area contributed by atoms with Crippen molar-refractivity contribution in [1.82, 2.24) is 5.32 Å². The maximum Gasteiger partial charge on any atom is 0.230 e. The van der Waals surface area contributed by atoms with Crippen LogP contribution in [-0.4, -0.2) is 17.7 Å². The van der Waals surface area contributed by atoms with E-state index in [1.54, 1.807) is 0 Å². The van der Waals surface area contributed by atoms with Crippen LogP contribution in [-0.2, 0) is 4.79 Å². The van der Waals surface area contributed by atoms with E-state index in [9.17, 15) is 4.79 Å². The average Bonchev–Trinajstić information content (AvgIpc) is 2.31. The highest BCUT2D eigenvalue weighted by atomic mass is 32.2. The SMILES string of the molecule is CCCC(C)NC(=O)CSc1cccc(N)c1C. The summed E-state index contributed by atoms with van der Waals surface area (Å²) in [5, 5.41) is 2.99. The Kier molecular flexibility index (Phi) is 6.05. The summed E-state index contributed by atoms with van der Waals surface area (Å²) in [6.07, 6.45) is 2.11. The number of thioether (sulfide) groups is 1. The van der Waals surface area contributed by atoms with E-state index in [1.165, 1.54) is 11.8 Å². The zero-order valence-electron chi connectivity index (χ0n) is 11.3. The Morgan fingerprint density at radius 3 is 2.89 bits per heavy atom. The van der Waals surface area contributed by atoms with Crippen molar-refractivity contribution >= 4 is 23.4 Å². The van der Waals surface area contributed by atoms with E-state index in [1.807, 2.05) is 32.0 Å². The molecule has 1 atom stereocenters. The lowest BCUT2D eigenvalue weighted by Crippen LogP contribution is -2.33. The second-order valence-corrected chi connectivity index (χ2v) is 5.53. The molecule has 4 heteroatoms. The first-order chi connectivity index (χ1) is 8.54. The van der Waals surface area contributed by atoms with Gasteiger partial charge in [0.2, 0.25) is 5.91 Å². The van der Waals surface area contributed by atoms with E-state index < -0.39 is 0 Å². The molecule has 100 valence electrons. The van der Waals surface area contributed by atoms with Gasteiger partial charge >= 0.3 is 0 Å². The number of hydrogen-bond donors (Lipinski definition) is 2. The molecule has 1 rings (SSSR count). The number of carbonyl (C=O) groups excluding carboxylic acids is 1. The third-order valence-electron chi connectivity index (χ3n) is 2.81. The minimum atomic E-state index is 0.0859. The minimum Gasteiger partial charge on any atom is -0.398 e. The van der Waals surface area contributed by atoms with E-state index in [-0.39, 0.29) is 11.9 Å². The van der Waals surface area contributed by atoms with Gasteiger partial charge in [0.05, 0.1) is 5.75 Å². The van der Waals surface area contributed by atoms with Crippen LogP contribution in [0.3, 0.4) is 0 Å². The Morgan fingerprint density at radius 2 is 2.22 bits per heavy atom. The molecule has 3 N–H and O–H groups in total. The fourth-order valence-electron chi connectivity index (χ4n) is 1.75. The number of carbonyl (C=O) groups is 1. The summed E-state index contributed by atoms with van der Waals surface area (Å²) in [4.78, 5) is 12.8. The molecule has 1 aromatic rings. The maximum absolute atomic E-state index is 11.7. The van der Waals surface area contributed by atoms with E-state index >= 15 is 0 Å². The van der Waals surface area contributed by atoms with Crippen LogP contribution in [0, 0.1) is 6.92 Å². The standard InChI is InChI=1S/C14H22N2OS/c1-4-6-10(2)16-14(17)9-18-13-8-5-7-12(15)11(13)3/h5,7-8,10H,4,6,9,15H2,1-3H3,(H,16,17). The molecule has 3 nitrogen and oxygen atoms in total. The fraction of sp³-hybridized carbons (Fsp3) is 0.500. The lowest BCUT2D eigenvalue weighted by atomic mass is 10.2. The molecule has 0 saturated carbocycles. The zero-order chi connectivity index (χ0) is 13.5. The van der Waals surface area contributed by atoms with Gasteiger partial charge in [0.25, 0.3) is 0 Å². The molecule has 1 amide bonds. The van der Waals surface area contributed by atoms with Crippen LogP contribution in [0.25, 0.3) is 0 Å². The Morgan fingerprint density at radius 1 is 1.50 bits per heavy atom. The predicted octanol–water partition coefficient (Wildman–Crippen LogP) is 2.97. The summed E-state index contributed by atoms with van der Waals surface area (Å²) in [6.45, 7) is 6.14. The van der Waals surface area contributed by atoms with Crippen molar-refractivity contribution in [3.63, 3.8) is 0 Å². The van der Waals surface area contributed by atoms with Crippen LogP contribution in [0.4, 0.5) is 5.69 Å². The highest BCUT2D eigenvalue weighted by molar-refractivity contribution is 8.00. The van der Waals surface area contributed by atoms with Gasteiger partial charge in [-0.05, 0) is 38.0 Å². The van der Waals surface area contributed by atoms with Crippen molar-refractivity contribution in [3.05, 3.63) is 23.8 Å². The largest absolute Gasteiger partial charge is 0.398 e. The van der Waals surface area contributed by atoms with Crippen molar-refractivity contribution in [3.8, 4) is 0 Å². The molecule has 1 aromatic carbocycles. The van der Waals surface area contributed by atoms with Gasteiger partial charge in [0.1, 0.15) is 0 Å². The van der Waals surface area contributed by atoms with Crippen LogP contribution in [0.5, 0.6) is 0 Å². The molecular formula is C14H22N2OS. The zero-order valence-corrected chi connectivity index (χ0v) is 12.1. The summed E-state index contributed by atoms with van der Waals surface area (Å²) in [5.41, 5.74) is 7.66. The minimum absolute atomic E-state index is 0.0859. The highest BCUT2D eigenvalue weighted by Crippen LogP contribution is 2.25. The first kappa shape index (κ1) is 14.9. The second kappa shape index (κ2) is 7.31. The van der Waals surface area contributed by atoms with Gasteiger partial charge in [0, 0.05) is 16.6 Å². The Bertz CT molecular complexity index is 407. The van der Waals surface area contributed by atoms with Crippen LogP contribution in [0.1, 0.15) is 32.3 Å². The van der Waals surface area contributed by atoms with Crippen molar-refractivity contribution < 1.29 is 4.79 Å². The van der Waals surface area contributed by atoms with Crippen LogP contribution in [0.2, 0.25) is 0 Å². The highest BCUT2D eigenvalue weighted by Gasteiger charge is 2.08. The van der Waals surface area contributed by atoms with Crippen molar-refractivity contribution in [1.29, 1.82) is 0 Å². The van der Waals surface area contributed by atoms with Gasteiger partial charge in [-0.1, -0.05) is 19.4 Å². The summed E-state index contributed by atoms with van der Waals surface area (Å²) in [6, 6.07) is 6.05. The van der Waals surface area contributed by atoms with Crippen molar-refractivity contribution in [2.24, 2.45) is 0 Å². The third kappa shape index (κ3) is 4.61. The summed E-state index contributed by atoms with van der Waals surface area (Å²) >= 11 is 1.54. The first-order valence-electron chi connectivity index (χ1n) is 6.31. The van der Waals surface area contributed by atoms with E-state index in [4.69, 9.17) is 5.73 Å². The molecule has 1 unspecified atom stereocenters. The molecule has 18 heavy (non-hydrogen) atoms. The quantitative estimate of drug-likeness (QED) is 0.615. The molecule has 0 radical (unpaired) electrons. The molecular weight excluding hydrogens is 244 g/mol. The van der Waals surface area contributed by atoms with Crippen LogP contribution in [0.15, 0.2) is 23.1 Å². The van der Waals surface area contributed by atoms with Crippen molar-refractivity contribution in [2.75, 3.05) is 11.5 Å². The van der Waals surface area contributed by atoms with Gasteiger partial charge in [-0.3, -0.25) is 4.79 Å². The monoisotopic (exact) mass is 266 g/mol. The number of anilines is 1. The fourth-order valence-corrected chi connectivity index (χ4v) is 2.63. The molecule has 0 heterocycles. The number of hydrogen-bond acceptors (Lipinski definition) is 3. The Hall–Kier alpha value is -1.16. The van der Waals surface area contributed by atoms with Gasteiger partial charge in [-0.15, -0.1) is 11.8 Å². The number of rotatable bonds is 6. The first-order valence-corrected chi connectivity index (χ1v) is 7.30. The molecule has 0 aliphatic carbocycles. The molecule has 0 aromatic heterocycles. The molecule has 0 aliphatic heterocycles. The van der Waals surface area contributed by atoms with Crippen molar-refractivity contribution in [2.45, 2.75) is 44.6 Å². The number of nitrogens with two attached hydrogens (primary N) is 1. The normalized spacial score (nSPS) is 12.2. The Balaban J connectivity index is 2.45.